The van der Waals surface area contributed by atoms with Crippen LogP contribution in [0.15, 0.2) is 29.2 Å². The van der Waals surface area contributed by atoms with Crippen molar-refractivity contribution in [2.45, 2.75) is 11.3 Å². The van der Waals surface area contributed by atoms with E-state index < -0.39 is 14.6 Å². The first-order valence-corrected chi connectivity index (χ1v) is 8.41. The summed E-state index contributed by atoms with van der Waals surface area (Å²) in [7, 11) is 4.81. The third-order valence-electron chi connectivity index (χ3n) is 1.27. The summed E-state index contributed by atoms with van der Waals surface area (Å²) in [5, 5.41) is 0. The van der Waals surface area contributed by atoms with Crippen molar-refractivity contribution >= 4 is 41.4 Å². The van der Waals surface area contributed by atoms with Crippen LogP contribution in [0.2, 0.25) is 0 Å². The van der Waals surface area contributed by atoms with E-state index in [0.717, 1.165) is 4.90 Å². The molecule has 0 unspecified atom stereocenters. The van der Waals surface area contributed by atoms with Gasteiger partial charge in [0.2, 0.25) is 0 Å². The van der Waals surface area contributed by atoms with E-state index in [2.05, 4.69) is 26.1 Å². The van der Waals surface area contributed by atoms with Crippen LogP contribution in [-0.2, 0) is 8.26 Å². The maximum Gasteiger partial charge on any atom is 0.573 e. The van der Waals surface area contributed by atoms with Gasteiger partial charge in [-0.3, -0.25) is 0 Å². The van der Waals surface area contributed by atoms with E-state index in [1.807, 2.05) is 0 Å². The van der Waals surface area contributed by atoms with Gasteiger partial charge in [0.05, 0.1) is 0 Å². The Kier molecular flexibility index (Phi) is 7.19. The molecule has 0 spiro atoms. The lowest BCUT2D eigenvalue weighted by molar-refractivity contribution is -0.274. The maximum absolute atomic E-state index is 11.7. The summed E-state index contributed by atoms with van der Waals surface area (Å²) in [6, 6.07) is 5.85. The minimum absolute atomic E-state index is 0.181. The zero-order valence-electron chi connectivity index (χ0n) is 8.74. The summed E-state index contributed by atoms with van der Waals surface area (Å²) >= 11 is 1.36. The lowest BCUT2D eigenvalue weighted by Gasteiger charge is -2.08. The van der Waals surface area contributed by atoms with Crippen molar-refractivity contribution in [2.75, 3.05) is 6.26 Å². The van der Waals surface area contributed by atoms with Crippen LogP contribution in [0.5, 0.6) is 5.75 Å². The molecule has 3 nitrogen and oxygen atoms in total. The van der Waals surface area contributed by atoms with Crippen molar-refractivity contribution in [3.05, 3.63) is 24.3 Å². The van der Waals surface area contributed by atoms with Gasteiger partial charge in [-0.2, -0.15) is 8.42 Å². The standard InChI is InChI=1S/C8H7F3OS.Cl2O2S/c1-13-7-4-2-3-6(5-7)12-8(9,10)11;1-5(2,3)4/h2-5H,1H3;. The molecule has 0 fully saturated rings. The third kappa shape index (κ3) is 12.2. The highest BCUT2D eigenvalue weighted by atomic mass is 36.0. The van der Waals surface area contributed by atoms with E-state index >= 15 is 0 Å². The predicted octanol–water partition coefficient (Wildman–Crippen LogP) is 4.02. The molecule has 10 heteroatoms. The topological polar surface area (TPSA) is 43.4 Å². The summed E-state index contributed by atoms with van der Waals surface area (Å²) in [6.07, 6.45) is -2.83. The number of hydrogen-bond donors (Lipinski definition) is 0. The van der Waals surface area contributed by atoms with E-state index in [1.54, 1.807) is 12.3 Å². The highest BCUT2D eigenvalue weighted by molar-refractivity contribution is 8.31. The van der Waals surface area contributed by atoms with Crippen LogP contribution in [0.25, 0.3) is 0 Å². The molecule has 0 saturated carbocycles. The summed E-state index contributed by atoms with van der Waals surface area (Å²) in [5.41, 5.74) is 0. The van der Waals surface area contributed by atoms with Crippen LogP contribution in [0.4, 0.5) is 13.2 Å². The normalized spacial score (nSPS) is 11.4. The monoisotopic (exact) mass is 342 g/mol. The van der Waals surface area contributed by atoms with Crippen molar-refractivity contribution in [3.63, 3.8) is 0 Å². The highest BCUT2D eigenvalue weighted by Crippen LogP contribution is 2.26. The Labute approximate surface area is 115 Å². The Hall–Kier alpha value is -0.310. The molecule has 0 N–H and O–H groups in total. The van der Waals surface area contributed by atoms with Crippen molar-refractivity contribution in [3.8, 4) is 5.75 Å². The van der Waals surface area contributed by atoms with Gasteiger partial charge >= 0.3 is 14.6 Å². The molecule has 0 bridgehead atoms. The Bertz CT molecular complexity index is 469. The fraction of sp³-hybridized carbons (Fsp3) is 0.250. The molecular weight excluding hydrogens is 336 g/mol. The minimum atomic E-state index is -4.61. The first-order valence-electron chi connectivity index (χ1n) is 4.05. The van der Waals surface area contributed by atoms with Crippen molar-refractivity contribution in [1.82, 2.24) is 0 Å². The Morgan fingerprint density at radius 1 is 1.28 bits per heavy atom. The van der Waals surface area contributed by atoms with Gasteiger partial charge in [0.25, 0.3) is 0 Å². The number of ether oxygens (including phenoxy) is 1. The lowest BCUT2D eigenvalue weighted by Crippen LogP contribution is -2.16. The van der Waals surface area contributed by atoms with Crippen LogP contribution in [-0.4, -0.2) is 21.0 Å². The second-order valence-electron chi connectivity index (χ2n) is 2.61. The molecule has 0 saturated heterocycles. The van der Waals surface area contributed by atoms with Gasteiger partial charge in [0, 0.05) is 26.3 Å². The summed E-state index contributed by atoms with van der Waals surface area (Å²) in [6.45, 7) is 0. The summed E-state index contributed by atoms with van der Waals surface area (Å²) < 4.78 is 57.3. The number of hydrogen-bond acceptors (Lipinski definition) is 4. The van der Waals surface area contributed by atoms with Crippen LogP contribution in [0.3, 0.4) is 0 Å². The number of alkyl halides is 3. The quantitative estimate of drug-likeness (QED) is 0.601. The molecule has 1 aromatic carbocycles. The van der Waals surface area contributed by atoms with E-state index in [9.17, 15) is 13.2 Å². The summed E-state index contributed by atoms with van der Waals surface area (Å²) in [5.74, 6) is -0.181. The van der Waals surface area contributed by atoms with Crippen LogP contribution < -0.4 is 4.74 Å². The van der Waals surface area contributed by atoms with Gasteiger partial charge in [-0.1, -0.05) is 6.07 Å². The molecule has 1 aromatic rings. The third-order valence-corrected chi connectivity index (χ3v) is 2.00. The second kappa shape index (κ2) is 7.32. The molecule has 0 aliphatic heterocycles. The zero-order valence-corrected chi connectivity index (χ0v) is 11.9. The van der Waals surface area contributed by atoms with Crippen LogP contribution in [0, 0.1) is 0 Å². The van der Waals surface area contributed by atoms with Gasteiger partial charge in [-0.05, 0) is 24.5 Å². The van der Waals surface area contributed by atoms with E-state index in [0.29, 0.717) is 0 Å². The number of rotatable bonds is 2. The minimum Gasteiger partial charge on any atom is -0.406 e. The van der Waals surface area contributed by atoms with Crippen LogP contribution >= 0.6 is 33.1 Å². The molecule has 0 aliphatic rings. The first-order chi connectivity index (χ1) is 8.01. The fourth-order valence-corrected chi connectivity index (χ4v) is 1.25. The molecule has 0 aliphatic carbocycles. The SMILES string of the molecule is CSc1cccc(OC(F)(F)F)c1.O=S(=O)(Cl)Cl. The average molecular weight is 343 g/mol. The Balaban J connectivity index is 0.000000494. The number of benzene rings is 1. The van der Waals surface area contributed by atoms with E-state index in [-0.39, 0.29) is 5.75 Å². The van der Waals surface area contributed by atoms with Gasteiger partial charge in [-0.15, -0.1) is 24.9 Å². The molecule has 0 atom stereocenters. The molecule has 18 heavy (non-hydrogen) atoms. The molecule has 0 radical (unpaired) electrons. The van der Waals surface area contributed by atoms with Gasteiger partial charge in [-0.25, -0.2) is 0 Å². The van der Waals surface area contributed by atoms with Gasteiger partial charge < -0.3 is 4.74 Å². The van der Waals surface area contributed by atoms with Gasteiger partial charge in [0.1, 0.15) is 5.75 Å². The lowest BCUT2D eigenvalue weighted by atomic mass is 10.3. The predicted molar refractivity (Wildman–Crippen MR) is 65.5 cm³/mol. The van der Waals surface area contributed by atoms with Crippen LogP contribution in [0.1, 0.15) is 0 Å². The molecular formula is C8H7Cl2F3O3S2. The Morgan fingerprint density at radius 2 is 1.78 bits per heavy atom. The number of halogens is 5. The number of thioether (sulfide) groups is 1. The zero-order chi connectivity index (χ0) is 14.4. The largest absolute Gasteiger partial charge is 0.573 e. The van der Waals surface area contributed by atoms with E-state index in [4.69, 9.17) is 8.42 Å². The molecule has 104 valence electrons. The molecule has 0 aromatic heterocycles. The fourth-order valence-electron chi connectivity index (χ4n) is 0.798. The first kappa shape index (κ1) is 17.7. The van der Waals surface area contributed by atoms with Crippen molar-refractivity contribution in [1.29, 1.82) is 0 Å². The summed E-state index contributed by atoms with van der Waals surface area (Å²) in [4.78, 5) is 0.738. The molecule has 0 amide bonds. The average Bonchev–Trinajstić information content (AvgIpc) is 2.12. The smallest absolute Gasteiger partial charge is 0.406 e. The molecule has 0 heterocycles. The highest BCUT2D eigenvalue weighted by Gasteiger charge is 2.30. The van der Waals surface area contributed by atoms with E-state index in [1.165, 1.54) is 30.0 Å². The Morgan fingerprint density at radius 3 is 2.17 bits per heavy atom. The second-order valence-corrected chi connectivity index (χ2v) is 7.15. The molecule has 1 rings (SSSR count). The van der Waals surface area contributed by atoms with Crippen molar-refractivity contribution < 1.29 is 26.3 Å². The maximum atomic E-state index is 11.7. The van der Waals surface area contributed by atoms with Crippen molar-refractivity contribution in [2.24, 2.45) is 0 Å². The van der Waals surface area contributed by atoms with Gasteiger partial charge in [0.15, 0.2) is 0 Å².